The van der Waals surface area contributed by atoms with Gasteiger partial charge in [0.2, 0.25) is 0 Å². The molecule has 2 aromatic rings. The molecule has 29 heavy (non-hydrogen) atoms. The summed E-state index contributed by atoms with van der Waals surface area (Å²) in [7, 11) is 0. The fraction of sp³-hybridized carbons (Fsp3) is 0.500. The average Bonchev–Trinajstić information content (AvgIpc) is 2.86. The molecule has 2 aromatic carbocycles. The van der Waals surface area contributed by atoms with E-state index >= 15 is 0 Å². The molecule has 0 amide bonds. The number of thioether (sulfide) groups is 1. The molecule has 0 aromatic heterocycles. The van der Waals surface area contributed by atoms with Crippen molar-refractivity contribution in [1.82, 2.24) is 5.32 Å². The van der Waals surface area contributed by atoms with Crippen LogP contribution in [0.2, 0.25) is 0 Å². The quantitative estimate of drug-likeness (QED) is 0.735. The monoisotopic (exact) mass is 412 g/mol. The number of benzene rings is 2. The highest BCUT2D eigenvalue weighted by Gasteiger charge is 2.52. The molecule has 1 unspecified atom stereocenters. The molecule has 3 aliphatic rings. The lowest BCUT2D eigenvalue weighted by Gasteiger charge is -2.47. The Labute approximate surface area is 176 Å². The van der Waals surface area contributed by atoms with Crippen LogP contribution in [-0.2, 0) is 0 Å². The summed E-state index contributed by atoms with van der Waals surface area (Å²) in [6.45, 7) is 3.23. The highest BCUT2D eigenvalue weighted by Crippen LogP contribution is 2.56. The van der Waals surface area contributed by atoms with E-state index in [-0.39, 0.29) is 11.4 Å². The summed E-state index contributed by atoms with van der Waals surface area (Å²) < 4.78 is 13.2. The first kappa shape index (κ1) is 19.4. The van der Waals surface area contributed by atoms with E-state index in [0.717, 1.165) is 50.9 Å². The van der Waals surface area contributed by atoms with Crippen LogP contribution in [0.15, 0.2) is 47.4 Å². The predicted octanol–water partition coefficient (Wildman–Crippen LogP) is 4.86. The van der Waals surface area contributed by atoms with Gasteiger partial charge in [0.05, 0.1) is 11.8 Å². The van der Waals surface area contributed by atoms with Gasteiger partial charge in [0.1, 0.15) is 5.82 Å². The number of hydrogen-bond donors (Lipinski definition) is 2. The third-order valence-electron chi connectivity index (χ3n) is 7.07. The Kier molecular flexibility index (Phi) is 5.31. The van der Waals surface area contributed by atoms with Crippen molar-refractivity contribution in [2.75, 3.05) is 30.3 Å². The van der Waals surface area contributed by atoms with Gasteiger partial charge >= 0.3 is 0 Å². The lowest BCUT2D eigenvalue weighted by molar-refractivity contribution is 0.154. The summed E-state index contributed by atoms with van der Waals surface area (Å²) in [6.07, 6.45) is 4.64. The van der Waals surface area contributed by atoms with Crippen LogP contribution in [0, 0.1) is 5.82 Å². The Bertz CT molecular complexity index is 874. The largest absolute Gasteiger partial charge is 0.388 e. The van der Waals surface area contributed by atoms with Gasteiger partial charge in [0.15, 0.2) is 0 Å². The third-order valence-corrected chi connectivity index (χ3v) is 8.20. The van der Waals surface area contributed by atoms with E-state index in [1.165, 1.54) is 40.5 Å². The van der Waals surface area contributed by atoms with E-state index < -0.39 is 6.10 Å². The molecule has 3 heterocycles. The standard InChI is InChI=1S/C24H29FN2OS/c25-18-9-7-17(8-10-18)21(28)5-2-11-24-12-13-26-16-20(24)19-4-1-6-22-23(19)27(24)14-3-15-29-22/h1,4,6-10,20-21,26,28H,2-3,5,11-16H2/t20-,21?,24-/m0/s1. The number of rotatable bonds is 5. The molecular weight excluding hydrogens is 383 g/mol. The van der Waals surface area contributed by atoms with Crippen molar-refractivity contribution in [1.29, 1.82) is 0 Å². The first-order valence-electron chi connectivity index (χ1n) is 10.9. The summed E-state index contributed by atoms with van der Waals surface area (Å²) in [5.41, 5.74) is 3.98. The number of para-hydroxylation sites is 1. The molecule has 0 bridgehead atoms. The summed E-state index contributed by atoms with van der Waals surface area (Å²) >= 11 is 2.01. The van der Waals surface area contributed by atoms with Crippen LogP contribution < -0.4 is 10.2 Å². The van der Waals surface area contributed by atoms with Crippen LogP contribution in [0.5, 0.6) is 0 Å². The van der Waals surface area contributed by atoms with Crippen molar-refractivity contribution in [3.63, 3.8) is 0 Å². The van der Waals surface area contributed by atoms with E-state index in [9.17, 15) is 9.50 Å². The fourth-order valence-corrected chi connectivity index (χ4v) is 6.75. The van der Waals surface area contributed by atoms with Gasteiger partial charge in [-0.15, -0.1) is 11.8 Å². The Morgan fingerprint density at radius 1 is 1.24 bits per heavy atom. The molecule has 0 radical (unpaired) electrons. The number of nitrogens with one attached hydrogen (secondary N) is 1. The van der Waals surface area contributed by atoms with Crippen LogP contribution in [0.1, 0.15) is 55.3 Å². The highest BCUT2D eigenvalue weighted by molar-refractivity contribution is 7.99. The van der Waals surface area contributed by atoms with Crippen molar-refractivity contribution in [3.05, 3.63) is 59.4 Å². The van der Waals surface area contributed by atoms with Crippen molar-refractivity contribution < 1.29 is 9.50 Å². The van der Waals surface area contributed by atoms with E-state index in [2.05, 4.69) is 28.4 Å². The maximum absolute atomic E-state index is 13.2. The zero-order valence-electron chi connectivity index (χ0n) is 16.7. The molecule has 3 nitrogen and oxygen atoms in total. The van der Waals surface area contributed by atoms with E-state index in [4.69, 9.17) is 0 Å². The number of fused-ring (bicyclic) bond motifs is 3. The summed E-state index contributed by atoms with van der Waals surface area (Å²) in [6, 6.07) is 13.1. The first-order valence-corrected chi connectivity index (χ1v) is 11.9. The minimum atomic E-state index is -0.522. The molecule has 0 aliphatic carbocycles. The Morgan fingerprint density at radius 2 is 2.10 bits per heavy atom. The second-order valence-electron chi connectivity index (χ2n) is 8.62. The number of piperidine rings is 1. The molecule has 1 fully saturated rings. The van der Waals surface area contributed by atoms with Gasteiger partial charge in [-0.2, -0.15) is 0 Å². The number of nitrogens with zero attached hydrogens (tertiary/aromatic N) is 1. The van der Waals surface area contributed by atoms with Gasteiger partial charge in [-0.1, -0.05) is 24.3 Å². The minimum Gasteiger partial charge on any atom is -0.388 e. The van der Waals surface area contributed by atoms with Gasteiger partial charge in [-0.05, 0) is 73.7 Å². The Morgan fingerprint density at radius 3 is 2.97 bits per heavy atom. The maximum atomic E-state index is 13.2. The van der Waals surface area contributed by atoms with Crippen LogP contribution in [-0.4, -0.2) is 36.0 Å². The van der Waals surface area contributed by atoms with Gasteiger partial charge in [0, 0.05) is 29.4 Å². The fourth-order valence-electron chi connectivity index (χ4n) is 5.71. The summed E-state index contributed by atoms with van der Waals surface area (Å²) in [5.74, 6) is 1.46. The minimum absolute atomic E-state index is 0.164. The lowest BCUT2D eigenvalue weighted by Crippen LogP contribution is -2.56. The molecule has 5 heteroatoms. The smallest absolute Gasteiger partial charge is 0.123 e. The highest BCUT2D eigenvalue weighted by atomic mass is 32.2. The zero-order chi connectivity index (χ0) is 19.8. The summed E-state index contributed by atoms with van der Waals surface area (Å²) in [5, 5.41) is 14.3. The molecule has 1 saturated heterocycles. The Balaban J connectivity index is 1.38. The molecule has 0 spiro atoms. The molecule has 3 atom stereocenters. The molecule has 5 rings (SSSR count). The number of halogens is 1. The predicted molar refractivity (Wildman–Crippen MR) is 117 cm³/mol. The lowest BCUT2D eigenvalue weighted by atomic mass is 9.73. The average molecular weight is 413 g/mol. The van der Waals surface area contributed by atoms with Gasteiger partial charge < -0.3 is 15.3 Å². The van der Waals surface area contributed by atoms with Crippen molar-refractivity contribution in [3.8, 4) is 0 Å². The van der Waals surface area contributed by atoms with Gasteiger partial charge in [-0.25, -0.2) is 4.39 Å². The van der Waals surface area contributed by atoms with Crippen molar-refractivity contribution in [2.45, 2.75) is 54.6 Å². The summed E-state index contributed by atoms with van der Waals surface area (Å²) in [4.78, 5) is 4.19. The second kappa shape index (κ2) is 7.93. The molecule has 2 N–H and O–H groups in total. The van der Waals surface area contributed by atoms with Crippen LogP contribution in [0.4, 0.5) is 10.1 Å². The van der Waals surface area contributed by atoms with E-state index in [1.807, 2.05) is 11.8 Å². The van der Waals surface area contributed by atoms with Gasteiger partial charge in [-0.3, -0.25) is 0 Å². The normalized spacial score (nSPS) is 26.6. The number of hydrogen-bond acceptors (Lipinski definition) is 4. The van der Waals surface area contributed by atoms with Crippen LogP contribution in [0.3, 0.4) is 0 Å². The van der Waals surface area contributed by atoms with Crippen molar-refractivity contribution >= 4 is 17.4 Å². The maximum Gasteiger partial charge on any atom is 0.123 e. The van der Waals surface area contributed by atoms with E-state index in [1.54, 1.807) is 12.1 Å². The first-order chi connectivity index (χ1) is 14.2. The Hall–Kier alpha value is -1.56. The zero-order valence-corrected chi connectivity index (χ0v) is 17.6. The van der Waals surface area contributed by atoms with Gasteiger partial charge in [0.25, 0.3) is 0 Å². The van der Waals surface area contributed by atoms with E-state index in [0.29, 0.717) is 5.92 Å². The topological polar surface area (TPSA) is 35.5 Å². The molecule has 0 saturated carbocycles. The third kappa shape index (κ3) is 3.37. The molecule has 3 aliphatic heterocycles. The van der Waals surface area contributed by atoms with Crippen molar-refractivity contribution in [2.24, 2.45) is 0 Å². The SMILES string of the molecule is OC(CCC[C@]12CCNC[C@H]1c1cccc3c1N2CCCS3)c1ccc(F)cc1. The van der Waals surface area contributed by atoms with Crippen LogP contribution >= 0.6 is 11.8 Å². The number of aliphatic hydroxyl groups is 1. The molecule has 154 valence electrons. The molecular formula is C24H29FN2OS. The number of anilines is 1. The number of aliphatic hydroxyl groups excluding tert-OH is 1. The van der Waals surface area contributed by atoms with Crippen LogP contribution in [0.25, 0.3) is 0 Å². The second-order valence-corrected chi connectivity index (χ2v) is 9.75.